The van der Waals surface area contributed by atoms with Crippen molar-refractivity contribution in [1.82, 2.24) is 4.90 Å². The predicted molar refractivity (Wildman–Crippen MR) is 34.6 cm³/mol. The van der Waals surface area contributed by atoms with Gasteiger partial charge in [0.05, 0.1) is 0 Å². The Morgan fingerprint density at radius 2 is 2.27 bits per heavy atom. The third-order valence-corrected chi connectivity index (χ3v) is 1.43. The molecule has 1 unspecified atom stereocenters. The zero-order valence-corrected chi connectivity index (χ0v) is 5.81. The monoisotopic (exact) mass is 157 g/mol. The van der Waals surface area contributed by atoms with Gasteiger partial charge < -0.3 is 10.2 Å². The van der Waals surface area contributed by atoms with Crippen LogP contribution in [-0.2, 0) is 4.79 Å². The fraction of sp³-hybridized carbons (Fsp3) is 0.333. The molecule has 0 radical (unpaired) electrons. The Kier molecular flexibility index (Phi) is 1.66. The van der Waals surface area contributed by atoms with Gasteiger partial charge in [0, 0.05) is 5.57 Å². The Bertz CT molecular complexity index is 245. The summed E-state index contributed by atoms with van der Waals surface area (Å²) in [5.74, 6) is -0.662. The number of aliphatic hydroxyl groups excluding tert-OH is 1. The maximum atomic E-state index is 10.9. The Morgan fingerprint density at radius 3 is 2.45 bits per heavy atom. The molecule has 0 aromatic carbocycles. The van der Waals surface area contributed by atoms with Crippen molar-refractivity contribution in [3.8, 4) is 0 Å². The maximum absolute atomic E-state index is 10.9. The molecule has 5 nitrogen and oxygen atoms in total. The normalized spacial score (nSPS) is 23.8. The van der Waals surface area contributed by atoms with Crippen molar-refractivity contribution in [3.05, 3.63) is 11.6 Å². The van der Waals surface area contributed by atoms with Gasteiger partial charge in [-0.15, -0.1) is 0 Å². The first-order chi connectivity index (χ1) is 5.04. The van der Waals surface area contributed by atoms with E-state index in [9.17, 15) is 9.59 Å². The van der Waals surface area contributed by atoms with Crippen molar-refractivity contribution in [2.75, 3.05) is 0 Å². The smallest absolute Gasteiger partial charge is 0.416 e. The highest BCUT2D eigenvalue weighted by atomic mass is 16.4. The maximum Gasteiger partial charge on any atom is 0.416 e. The van der Waals surface area contributed by atoms with E-state index >= 15 is 0 Å². The first-order valence-corrected chi connectivity index (χ1v) is 2.97. The van der Waals surface area contributed by atoms with Crippen LogP contribution >= 0.6 is 0 Å². The lowest BCUT2D eigenvalue weighted by Gasteiger charge is -2.13. The van der Waals surface area contributed by atoms with Crippen LogP contribution in [0.1, 0.15) is 6.92 Å². The lowest BCUT2D eigenvalue weighted by Crippen LogP contribution is -2.38. The molecule has 0 saturated carbocycles. The minimum atomic E-state index is -1.43. The third kappa shape index (κ3) is 1.10. The molecule has 0 aromatic heterocycles. The molecule has 60 valence electrons. The van der Waals surface area contributed by atoms with Gasteiger partial charge in [0.1, 0.15) is 0 Å². The molecule has 5 heteroatoms. The second kappa shape index (κ2) is 2.35. The topological polar surface area (TPSA) is 77.8 Å². The summed E-state index contributed by atoms with van der Waals surface area (Å²) in [5, 5.41) is 17.3. The van der Waals surface area contributed by atoms with Crippen molar-refractivity contribution in [1.29, 1.82) is 0 Å². The van der Waals surface area contributed by atoms with Gasteiger partial charge in [-0.05, 0) is 13.0 Å². The standard InChI is InChI=1S/C6H7NO4/c1-3-2-4(8)7(5(3)9)6(10)11/h2,4,8H,1H3,(H,10,11). The first kappa shape index (κ1) is 7.74. The quantitative estimate of drug-likeness (QED) is 0.509. The molecule has 11 heavy (non-hydrogen) atoms. The summed E-state index contributed by atoms with van der Waals surface area (Å²) in [6, 6.07) is 0. The van der Waals surface area contributed by atoms with E-state index in [-0.39, 0.29) is 5.57 Å². The van der Waals surface area contributed by atoms with Crippen LogP contribution in [0, 0.1) is 0 Å². The molecule has 0 aliphatic carbocycles. The Hall–Kier alpha value is -1.36. The van der Waals surface area contributed by atoms with Gasteiger partial charge in [-0.1, -0.05) is 0 Å². The van der Waals surface area contributed by atoms with Crippen LogP contribution < -0.4 is 0 Å². The van der Waals surface area contributed by atoms with Crippen LogP contribution in [0.25, 0.3) is 0 Å². The zero-order chi connectivity index (χ0) is 8.59. The van der Waals surface area contributed by atoms with E-state index in [2.05, 4.69) is 0 Å². The van der Waals surface area contributed by atoms with Crippen LogP contribution in [0.3, 0.4) is 0 Å². The van der Waals surface area contributed by atoms with E-state index in [0.717, 1.165) is 0 Å². The van der Waals surface area contributed by atoms with Gasteiger partial charge >= 0.3 is 6.09 Å². The minimum Gasteiger partial charge on any atom is -0.465 e. The minimum absolute atomic E-state index is 0.250. The third-order valence-electron chi connectivity index (χ3n) is 1.43. The number of carboxylic acid groups (broad SMARTS) is 1. The van der Waals surface area contributed by atoms with Gasteiger partial charge in [0.15, 0.2) is 6.23 Å². The van der Waals surface area contributed by atoms with Crippen LogP contribution in [0.2, 0.25) is 0 Å². The van der Waals surface area contributed by atoms with Crippen molar-refractivity contribution < 1.29 is 19.8 Å². The van der Waals surface area contributed by atoms with E-state index in [0.29, 0.717) is 4.90 Å². The molecular formula is C6H7NO4. The number of rotatable bonds is 0. The average Bonchev–Trinajstić information content (AvgIpc) is 2.07. The largest absolute Gasteiger partial charge is 0.465 e. The molecule has 0 bridgehead atoms. The molecule has 1 heterocycles. The molecule has 1 aliphatic heterocycles. The molecule has 1 aliphatic rings. The second-order valence-electron chi connectivity index (χ2n) is 2.22. The van der Waals surface area contributed by atoms with E-state index in [4.69, 9.17) is 10.2 Å². The molecule has 2 amide bonds. The summed E-state index contributed by atoms with van der Waals surface area (Å²) in [4.78, 5) is 21.5. The lowest BCUT2D eigenvalue weighted by molar-refractivity contribution is -0.128. The Labute approximate surface area is 62.5 Å². The molecule has 0 aromatic rings. The number of imide groups is 1. The Balaban J connectivity index is 2.89. The van der Waals surface area contributed by atoms with E-state index in [1.165, 1.54) is 13.0 Å². The number of hydrogen-bond donors (Lipinski definition) is 2. The molecular weight excluding hydrogens is 150 g/mol. The zero-order valence-electron chi connectivity index (χ0n) is 5.81. The van der Waals surface area contributed by atoms with E-state index in [1.807, 2.05) is 0 Å². The fourth-order valence-electron chi connectivity index (χ4n) is 0.880. The SMILES string of the molecule is CC1=CC(O)N(C(=O)O)C1=O. The van der Waals surface area contributed by atoms with Crippen molar-refractivity contribution in [2.45, 2.75) is 13.2 Å². The van der Waals surface area contributed by atoms with E-state index < -0.39 is 18.2 Å². The van der Waals surface area contributed by atoms with Gasteiger partial charge in [0.2, 0.25) is 0 Å². The lowest BCUT2D eigenvalue weighted by atomic mass is 10.3. The van der Waals surface area contributed by atoms with Gasteiger partial charge in [-0.2, -0.15) is 0 Å². The summed E-state index contributed by atoms with van der Waals surface area (Å²) in [7, 11) is 0. The second-order valence-corrected chi connectivity index (χ2v) is 2.22. The molecule has 1 rings (SSSR count). The van der Waals surface area contributed by atoms with Crippen LogP contribution in [0.4, 0.5) is 4.79 Å². The molecule has 0 spiro atoms. The number of carbonyl (C=O) groups excluding carboxylic acids is 1. The van der Waals surface area contributed by atoms with Gasteiger partial charge in [0.25, 0.3) is 5.91 Å². The number of amides is 2. The Morgan fingerprint density at radius 1 is 1.73 bits per heavy atom. The molecule has 0 saturated heterocycles. The first-order valence-electron chi connectivity index (χ1n) is 2.97. The highest BCUT2D eigenvalue weighted by Crippen LogP contribution is 2.15. The molecule has 2 N–H and O–H groups in total. The van der Waals surface area contributed by atoms with Crippen molar-refractivity contribution in [3.63, 3.8) is 0 Å². The van der Waals surface area contributed by atoms with Gasteiger partial charge in [-0.25, -0.2) is 9.69 Å². The van der Waals surface area contributed by atoms with Crippen LogP contribution in [0.15, 0.2) is 11.6 Å². The summed E-state index contributed by atoms with van der Waals surface area (Å²) in [6.45, 7) is 1.45. The van der Waals surface area contributed by atoms with Crippen molar-refractivity contribution in [2.24, 2.45) is 0 Å². The van der Waals surface area contributed by atoms with Crippen molar-refractivity contribution >= 4 is 12.0 Å². The predicted octanol–water partition coefficient (Wildman–Crippen LogP) is -0.229. The van der Waals surface area contributed by atoms with E-state index in [1.54, 1.807) is 0 Å². The van der Waals surface area contributed by atoms with Crippen LogP contribution in [0.5, 0.6) is 0 Å². The fourth-order valence-corrected chi connectivity index (χ4v) is 0.880. The molecule has 1 atom stereocenters. The number of aliphatic hydroxyl groups is 1. The summed E-state index contributed by atoms with van der Waals surface area (Å²) in [6.07, 6.45) is -1.56. The number of hydrogen-bond acceptors (Lipinski definition) is 3. The summed E-state index contributed by atoms with van der Waals surface area (Å²) in [5.41, 5.74) is 0.250. The summed E-state index contributed by atoms with van der Waals surface area (Å²) >= 11 is 0. The van der Waals surface area contributed by atoms with Gasteiger partial charge in [-0.3, -0.25) is 4.79 Å². The highest BCUT2D eigenvalue weighted by molar-refractivity contribution is 6.04. The number of nitrogens with zero attached hydrogens (tertiary/aromatic N) is 1. The highest BCUT2D eigenvalue weighted by Gasteiger charge is 2.33. The molecule has 0 fully saturated rings. The number of carbonyl (C=O) groups is 2. The average molecular weight is 157 g/mol. The van der Waals surface area contributed by atoms with Crippen LogP contribution in [-0.4, -0.2) is 33.3 Å². The summed E-state index contributed by atoms with van der Waals surface area (Å²) < 4.78 is 0.